The third kappa shape index (κ3) is 14.6. The molecule has 0 aliphatic rings. The molecule has 0 bridgehead atoms. The first kappa shape index (κ1) is 48.6. The number of carbonyl (C=O) groups is 1. The van der Waals surface area contributed by atoms with Crippen LogP contribution in [0.25, 0.3) is 53.7 Å². The smallest absolute Gasteiger partial charge is 0.335 e. The van der Waals surface area contributed by atoms with Crippen LogP contribution in [0.15, 0.2) is 133 Å². The second kappa shape index (κ2) is 24.4. The number of aryl methyl sites for hydroxylation is 2. The fraction of sp³-hybridized carbons (Fsp3) is 0.212. The molecule has 336 valence electrons. The first-order valence-electron chi connectivity index (χ1n) is 21.1. The van der Waals surface area contributed by atoms with Gasteiger partial charge in [0.25, 0.3) is 0 Å². The van der Waals surface area contributed by atoms with Crippen molar-refractivity contribution in [2.75, 3.05) is 39.8 Å². The SMILES string of the molecule is CCOP(=O)(Cc1ccc(-c2nc3ccc(C)cc3s2)cc1)OCC.Cc1ccc2nc(-c3ccc(/C=C/c4ccc(OCCF)cc4)cc3)sc2c1.O=Cc1ccc(OCCF)cc1. The van der Waals surface area contributed by atoms with Gasteiger partial charge in [0.05, 0.1) is 39.8 Å². The molecule has 2 heterocycles. The van der Waals surface area contributed by atoms with Crippen LogP contribution < -0.4 is 9.47 Å². The summed E-state index contributed by atoms with van der Waals surface area (Å²) in [6, 6.07) is 43.2. The largest absolute Gasteiger partial charge is 0.491 e. The van der Waals surface area contributed by atoms with E-state index in [4.69, 9.17) is 28.5 Å². The zero-order valence-electron chi connectivity index (χ0n) is 36.7. The topological polar surface area (TPSA) is 96.8 Å². The van der Waals surface area contributed by atoms with E-state index in [2.05, 4.69) is 86.7 Å². The van der Waals surface area contributed by atoms with E-state index < -0.39 is 20.9 Å². The number of nitrogens with zero attached hydrogens (tertiary/aromatic N) is 2. The molecule has 2 aromatic heterocycles. The van der Waals surface area contributed by atoms with Crippen molar-refractivity contribution in [3.8, 4) is 32.6 Å². The van der Waals surface area contributed by atoms with Gasteiger partial charge in [-0.15, -0.1) is 22.7 Å². The number of halogens is 2. The van der Waals surface area contributed by atoms with Gasteiger partial charge in [-0.05, 0) is 116 Å². The number of alkyl halides is 2. The number of thiazole rings is 2. The molecule has 8 aromatic rings. The molecule has 0 spiro atoms. The Morgan fingerprint density at radius 1 is 0.569 bits per heavy atom. The maximum atomic E-state index is 12.6. The lowest BCUT2D eigenvalue weighted by molar-refractivity contribution is 0.112. The van der Waals surface area contributed by atoms with Gasteiger partial charge in [-0.3, -0.25) is 9.36 Å². The Kier molecular flexibility index (Phi) is 18.2. The van der Waals surface area contributed by atoms with Crippen LogP contribution in [-0.4, -0.2) is 56.0 Å². The van der Waals surface area contributed by atoms with Gasteiger partial charge in [0, 0.05) is 16.7 Å². The highest BCUT2D eigenvalue weighted by Crippen LogP contribution is 2.51. The van der Waals surface area contributed by atoms with Crippen LogP contribution in [0.3, 0.4) is 0 Å². The van der Waals surface area contributed by atoms with Crippen LogP contribution >= 0.6 is 30.3 Å². The van der Waals surface area contributed by atoms with Gasteiger partial charge in [-0.25, -0.2) is 18.7 Å². The minimum absolute atomic E-state index is 0.0560. The van der Waals surface area contributed by atoms with Crippen molar-refractivity contribution in [3.63, 3.8) is 0 Å². The van der Waals surface area contributed by atoms with Gasteiger partial charge >= 0.3 is 7.60 Å². The standard InChI is InChI=1S/C24H20FNOS.C19H22NO3PS.C9H9FO2/c1-17-2-13-22-23(16-17)28-24(26-22)20-9-5-18(6-10-20)3-4-19-7-11-21(12-8-19)27-15-14-25;1-4-22-24(21,23-5-2)13-15-7-9-16(10-8-15)19-20-17-11-6-14(3)12-18(17)25-19;10-5-6-12-9-3-1-8(7-11)2-4-9/h2-13,16H,14-15H2,1H3;6-12H,4-5,13H2,1-3H3;1-4,7H,5-6H2/b4-3+;;. The number of benzene rings is 6. The number of hydrogen-bond acceptors (Lipinski definition) is 10. The van der Waals surface area contributed by atoms with E-state index >= 15 is 0 Å². The van der Waals surface area contributed by atoms with Crippen molar-refractivity contribution < 1.29 is 36.7 Å². The maximum absolute atomic E-state index is 12.6. The average Bonchev–Trinajstić information content (AvgIpc) is 3.95. The first-order chi connectivity index (χ1) is 31.6. The van der Waals surface area contributed by atoms with Gasteiger partial charge in [-0.2, -0.15) is 0 Å². The molecule has 0 unspecified atom stereocenters. The quantitative estimate of drug-likeness (QED) is 0.0506. The molecule has 8 nitrogen and oxygen atoms in total. The fourth-order valence-electron chi connectivity index (χ4n) is 6.37. The molecule has 0 amide bonds. The number of rotatable bonds is 17. The number of aromatic nitrogens is 2. The third-order valence-corrected chi connectivity index (χ3v) is 13.7. The summed E-state index contributed by atoms with van der Waals surface area (Å²) in [6.07, 6.45) is 5.16. The summed E-state index contributed by atoms with van der Waals surface area (Å²) in [5.74, 6) is 1.27. The van der Waals surface area contributed by atoms with Crippen LogP contribution in [-0.2, 0) is 19.8 Å². The molecule has 8 rings (SSSR count). The summed E-state index contributed by atoms with van der Waals surface area (Å²) in [5.41, 5.74) is 10.5. The summed E-state index contributed by atoms with van der Waals surface area (Å²) < 4.78 is 59.8. The Morgan fingerprint density at radius 2 is 0.985 bits per heavy atom. The summed E-state index contributed by atoms with van der Waals surface area (Å²) in [6.45, 7) is 7.75. The molecule has 0 fully saturated rings. The monoisotopic (exact) mass is 932 g/mol. The molecule has 0 atom stereocenters. The Hall–Kier alpha value is -5.88. The summed E-state index contributed by atoms with van der Waals surface area (Å²) in [5, 5.41) is 2.03. The molecule has 0 radical (unpaired) electrons. The lowest BCUT2D eigenvalue weighted by Crippen LogP contribution is -1.99. The molecule has 0 saturated carbocycles. The molecule has 6 aromatic carbocycles. The van der Waals surface area contributed by atoms with Crippen molar-refractivity contribution in [2.45, 2.75) is 33.9 Å². The normalized spacial score (nSPS) is 11.2. The van der Waals surface area contributed by atoms with Gasteiger partial charge in [0.15, 0.2) is 0 Å². The Labute approximate surface area is 387 Å². The minimum atomic E-state index is -3.07. The van der Waals surface area contributed by atoms with Gasteiger partial charge in [-0.1, -0.05) is 84.9 Å². The molecule has 0 aliphatic carbocycles. The highest BCUT2D eigenvalue weighted by atomic mass is 32.1. The van der Waals surface area contributed by atoms with Crippen molar-refractivity contribution in [3.05, 3.63) is 167 Å². The zero-order valence-corrected chi connectivity index (χ0v) is 39.3. The van der Waals surface area contributed by atoms with E-state index in [-0.39, 0.29) is 19.4 Å². The summed E-state index contributed by atoms with van der Waals surface area (Å²) in [4.78, 5) is 19.7. The average molecular weight is 933 g/mol. The number of ether oxygens (including phenoxy) is 2. The predicted octanol–water partition coefficient (Wildman–Crippen LogP) is 14.7. The molecular weight excluding hydrogens is 882 g/mol. The molecule has 65 heavy (non-hydrogen) atoms. The van der Waals surface area contributed by atoms with Crippen LogP contribution in [0.1, 0.15) is 52.0 Å². The molecule has 0 aliphatic heterocycles. The molecule has 0 N–H and O–H groups in total. The van der Waals surface area contributed by atoms with Crippen molar-refractivity contribution >= 4 is 69.1 Å². The number of aldehydes is 1. The van der Waals surface area contributed by atoms with Crippen molar-refractivity contribution in [2.24, 2.45) is 0 Å². The highest BCUT2D eigenvalue weighted by molar-refractivity contribution is 7.53. The predicted molar refractivity (Wildman–Crippen MR) is 264 cm³/mol. The summed E-state index contributed by atoms with van der Waals surface area (Å²) in [7, 11) is -3.07. The Bertz CT molecular complexity index is 2800. The highest BCUT2D eigenvalue weighted by Gasteiger charge is 2.24. The fourth-order valence-corrected chi connectivity index (χ4v) is 10.2. The van der Waals surface area contributed by atoms with Gasteiger partial charge in [0.1, 0.15) is 54.4 Å². The van der Waals surface area contributed by atoms with Crippen LogP contribution in [0, 0.1) is 13.8 Å². The summed E-state index contributed by atoms with van der Waals surface area (Å²) >= 11 is 3.41. The zero-order chi connectivity index (χ0) is 46.0. The molecular formula is C52H51F2N2O6PS2. The van der Waals surface area contributed by atoms with Crippen LogP contribution in [0.5, 0.6) is 11.5 Å². The molecule has 13 heteroatoms. The van der Waals surface area contributed by atoms with Crippen molar-refractivity contribution in [1.82, 2.24) is 9.97 Å². The number of hydrogen-bond donors (Lipinski definition) is 0. The van der Waals surface area contributed by atoms with E-state index in [9.17, 15) is 18.1 Å². The Morgan fingerprint density at radius 3 is 1.40 bits per heavy atom. The number of carbonyl (C=O) groups excluding carboxylic acids is 1. The lowest BCUT2D eigenvalue weighted by atomic mass is 10.1. The third-order valence-electron chi connectivity index (χ3n) is 9.53. The van der Waals surface area contributed by atoms with E-state index in [0.29, 0.717) is 30.3 Å². The van der Waals surface area contributed by atoms with E-state index in [1.54, 1.807) is 46.9 Å². The second-order valence-electron chi connectivity index (χ2n) is 14.6. The van der Waals surface area contributed by atoms with Gasteiger partial charge in [0.2, 0.25) is 0 Å². The van der Waals surface area contributed by atoms with Gasteiger partial charge < -0.3 is 18.5 Å². The lowest BCUT2D eigenvalue weighted by Gasteiger charge is -2.17. The maximum Gasteiger partial charge on any atom is 0.335 e. The minimum Gasteiger partial charge on any atom is -0.491 e. The number of fused-ring (bicyclic) bond motifs is 2. The van der Waals surface area contributed by atoms with E-state index in [1.165, 1.54) is 20.5 Å². The van der Waals surface area contributed by atoms with Crippen LogP contribution in [0.2, 0.25) is 0 Å². The van der Waals surface area contributed by atoms with Crippen LogP contribution in [0.4, 0.5) is 8.78 Å². The molecule has 0 saturated heterocycles. The Balaban J connectivity index is 0.000000174. The second-order valence-corrected chi connectivity index (χ2v) is 18.7. The van der Waals surface area contributed by atoms with E-state index in [1.807, 2.05) is 62.4 Å². The first-order valence-corrected chi connectivity index (χ1v) is 24.5. The van der Waals surface area contributed by atoms with E-state index in [0.717, 1.165) is 55.2 Å². The van der Waals surface area contributed by atoms with Crippen molar-refractivity contribution in [1.29, 1.82) is 0 Å².